The van der Waals surface area contributed by atoms with Crippen molar-refractivity contribution in [2.45, 2.75) is 33.1 Å². The second kappa shape index (κ2) is 6.11. The highest BCUT2D eigenvalue weighted by Gasteiger charge is 2.21. The highest BCUT2D eigenvalue weighted by Crippen LogP contribution is 2.33. The van der Waals surface area contributed by atoms with Crippen LogP contribution in [-0.2, 0) is 6.42 Å². The fourth-order valence-corrected chi connectivity index (χ4v) is 3.29. The van der Waals surface area contributed by atoms with Crippen LogP contribution in [0.15, 0.2) is 42.7 Å². The Kier molecular flexibility index (Phi) is 3.81. The number of hydrogen-bond donors (Lipinski definition) is 1. The van der Waals surface area contributed by atoms with Crippen LogP contribution < -0.4 is 5.32 Å². The van der Waals surface area contributed by atoms with E-state index in [1.165, 1.54) is 29.5 Å². The number of anilines is 1. The molecular formula is C20H22N4. The Balaban J connectivity index is 1.91. The quantitative estimate of drug-likeness (QED) is 0.766. The average molecular weight is 318 g/mol. The molecular weight excluding hydrogens is 296 g/mol. The molecule has 4 nitrogen and oxygen atoms in total. The zero-order chi connectivity index (χ0) is 16.5. The van der Waals surface area contributed by atoms with Gasteiger partial charge in [-0.3, -0.25) is 4.98 Å². The van der Waals surface area contributed by atoms with Crippen molar-refractivity contribution in [3.05, 3.63) is 59.4 Å². The molecule has 0 amide bonds. The lowest BCUT2D eigenvalue weighted by molar-refractivity contribution is 0.780. The van der Waals surface area contributed by atoms with Crippen molar-refractivity contribution in [3.8, 4) is 16.9 Å². The topological polar surface area (TPSA) is 42.7 Å². The molecule has 24 heavy (non-hydrogen) atoms. The van der Waals surface area contributed by atoms with Crippen LogP contribution in [0, 0.1) is 13.8 Å². The van der Waals surface area contributed by atoms with Crippen LogP contribution in [0.25, 0.3) is 16.9 Å². The summed E-state index contributed by atoms with van der Waals surface area (Å²) in [5.74, 6) is 1.14. The Morgan fingerprint density at radius 1 is 1.00 bits per heavy atom. The van der Waals surface area contributed by atoms with Crippen molar-refractivity contribution < 1.29 is 0 Å². The van der Waals surface area contributed by atoms with Crippen molar-refractivity contribution >= 4 is 5.82 Å². The Hall–Kier alpha value is -2.62. The third kappa shape index (κ3) is 2.58. The molecule has 4 rings (SSSR count). The van der Waals surface area contributed by atoms with E-state index in [1.54, 1.807) is 0 Å². The molecule has 1 aromatic carbocycles. The summed E-state index contributed by atoms with van der Waals surface area (Å²) >= 11 is 0. The number of hydrogen-bond acceptors (Lipinski definition) is 3. The highest BCUT2D eigenvalue weighted by atomic mass is 15.3. The largest absolute Gasteiger partial charge is 0.370 e. The van der Waals surface area contributed by atoms with Gasteiger partial charge < -0.3 is 5.32 Å². The van der Waals surface area contributed by atoms with E-state index in [0.717, 1.165) is 35.7 Å². The first-order valence-corrected chi connectivity index (χ1v) is 8.58. The van der Waals surface area contributed by atoms with E-state index in [0.29, 0.717) is 0 Å². The van der Waals surface area contributed by atoms with E-state index in [2.05, 4.69) is 47.0 Å². The minimum atomic E-state index is 0.999. The molecule has 0 saturated carbocycles. The molecule has 1 N–H and O–H groups in total. The van der Waals surface area contributed by atoms with Crippen LogP contribution >= 0.6 is 0 Å². The third-order valence-electron chi connectivity index (χ3n) is 4.82. The van der Waals surface area contributed by atoms with Crippen molar-refractivity contribution in [1.82, 2.24) is 14.8 Å². The Morgan fingerprint density at radius 3 is 2.62 bits per heavy atom. The summed E-state index contributed by atoms with van der Waals surface area (Å²) in [5, 5.41) is 8.57. The van der Waals surface area contributed by atoms with Crippen LogP contribution in [-0.4, -0.2) is 21.3 Å². The molecule has 0 atom stereocenters. The molecule has 1 aliphatic heterocycles. The van der Waals surface area contributed by atoms with Crippen molar-refractivity contribution in [2.24, 2.45) is 0 Å². The van der Waals surface area contributed by atoms with Gasteiger partial charge >= 0.3 is 0 Å². The van der Waals surface area contributed by atoms with Gasteiger partial charge in [-0.2, -0.15) is 5.10 Å². The van der Waals surface area contributed by atoms with E-state index in [9.17, 15) is 0 Å². The number of pyridine rings is 1. The summed E-state index contributed by atoms with van der Waals surface area (Å²) in [7, 11) is 0. The molecule has 0 saturated heterocycles. The first-order chi connectivity index (χ1) is 11.7. The summed E-state index contributed by atoms with van der Waals surface area (Å²) in [5.41, 5.74) is 7.23. The van der Waals surface area contributed by atoms with Gasteiger partial charge in [-0.1, -0.05) is 6.07 Å². The van der Waals surface area contributed by atoms with E-state index >= 15 is 0 Å². The number of fused-ring (bicyclic) bond motifs is 1. The molecule has 0 unspecified atom stereocenters. The van der Waals surface area contributed by atoms with Crippen molar-refractivity contribution in [1.29, 1.82) is 0 Å². The second-order valence-corrected chi connectivity index (χ2v) is 6.48. The second-order valence-electron chi connectivity index (χ2n) is 6.48. The maximum absolute atomic E-state index is 4.97. The molecule has 1 aliphatic rings. The fraction of sp³-hybridized carbons (Fsp3) is 0.300. The lowest BCUT2D eigenvalue weighted by Gasteiger charge is -2.10. The maximum atomic E-state index is 4.97. The normalized spacial score (nSPS) is 13.9. The molecule has 122 valence electrons. The standard InChI is InChI=1S/C20H22N4/c1-14-6-7-17(13-15(14)2)24-20-18(5-3-4-10-22-20)19(23-24)16-8-11-21-12-9-16/h6-9,11-13,22H,3-5,10H2,1-2H3. The zero-order valence-electron chi connectivity index (χ0n) is 14.2. The number of nitrogens with one attached hydrogen (secondary N) is 1. The Bertz CT molecular complexity index is 865. The van der Waals surface area contributed by atoms with Gasteiger partial charge in [-0.25, -0.2) is 4.68 Å². The van der Waals surface area contributed by atoms with Gasteiger partial charge in [0.05, 0.1) is 11.4 Å². The minimum Gasteiger partial charge on any atom is -0.370 e. The molecule has 0 aliphatic carbocycles. The van der Waals surface area contributed by atoms with E-state index in [1.807, 2.05) is 24.5 Å². The van der Waals surface area contributed by atoms with Crippen LogP contribution in [0.3, 0.4) is 0 Å². The van der Waals surface area contributed by atoms with E-state index in [-0.39, 0.29) is 0 Å². The molecule has 3 aromatic rings. The van der Waals surface area contributed by atoms with Crippen molar-refractivity contribution in [2.75, 3.05) is 11.9 Å². The van der Waals surface area contributed by atoms with Gasteiger partial charge in [0.1, 0.15) is 5.82 Å². The maximum Gasteiger partial charge on any atom is 0.133 e. The van der Waals surface area contributed by atoms with E-state index < -0.39 is 0 Å². The number of aromatic nitrogens is 3. The lowest BCUT2D eigenvalue weighted by atomic mass is 10.0. The van der Waals surface area contributed by atoms with Crippen molar-refractivity contribution in [3.63, 3.8) is 0 Å². The number of nitrogens with zero attached hydrogens (tertiary/aromatic N) is 3. The van der Waals surface area contributed by atoms with Gasteiger partial charge in [-0.15, -0.1) is 0 Å². The molecule has 0 spiro atoms. The Morgan fingerprint density at radius 2 is 1.83 bits per heavy atom. The summed E-state index contributed by atoms with van der Waals surface area (Å²) in [4.78, 5) is 4.14. The van der Waals surface area contributed by atoms with Gasteiger partial charge in [0.2, 0.25) is 0 Å². The number of rotatable bonds is 2. The molecule has 3 heterocycles. The lowest BCUT2D eigenvalue weighted by Crippen LogP contribution is -2.07. The molecule has 0 bridgehead atoms. The fourth-order valence-electron chi connectivity index (χ4n) is 3.29. The summed E-state index contributed by atoms with van der Waals surface area (Å²) < 4.78 is 2.07. The molecule has 0 radical (unpaired) electrons. The van der Waals surface area contributed by atoms with Gasteiger partial charge in [-0.05, 0) is 68.5 Å². The first kappa shape index (κ1) is 14.9. The summed E-state index contributed by atoms with van der Waals surface area (Å²) in [6.07, 6.45) is 7.11. The monoisotopic (exact) mass is 318 g/mol. The van der Waals surface area contributed by atoms with Gasteiger partial charge in [0.25, 0.3) is 0 Å². The molecule has 0 fully saturated rings. The van der Waals surface area contributed by atoms with E-state index in [4.69, 9.17) is 5.10 Å². The zero-order valence-corrected chi connectivity index (χ0v) is 14.2. The van der Waals surface area contributed by atoms with Crippen LogP contribution in [0.5, 0.6) is 0 Å². The predicted octanol–water partition coefficient (Wildman–Crippen LogP) is 4.30. The molecule has 4 heteroatoms. The van der Waals surface area contributed by atoms with Crippen LogP contribution in [0.2, 0.25) is 0 Å². The Labute approximate surface area is 142 Å². The number of benzene rings is 1. The third-order valence-corrected chi connectivity index (χ3v) is 4.82. The number of aryl methyl sites for hydroxylation is 2. The summed E-state index contributed by atoms with van der Waals surface area (Å²) in [6, 6.07) is 10.6. The average Bonchev–Trinajstić information content (AvgIpc) is 2.80. The summed E-state index contributed by atoms with van der Waals surface area (Å²) in [6.45, 7) is 5.29. The predicted molar refractivity (Wildman–Crippen MR) is 97.7 cm³/mol. The SMILES string of the molecule is Cc1ccc(-n2nc(-c3ccncc3)c3c2NCCCC3)cc1C. The molecule has 2 aromatic heterocycles. The minimum absolute atomic E-state index is 0.999. The smallest absolute Gasteiger partial charge is 0.133 e. The van der Waals surface area contributed by atoms with Crippen LogP contribution in [0.4, 0.5) is 5.82 Å². The van der Waals surface area contributed by atoms with Gasteiger partial charge in [0.15, 0.2) is 0 Å². The first-order valence-electron chi connectivity index (χ1n) is 8.58. The van der Waals surface area contributed by atoms with Crippen LogP contribution in [0.1, 0.15) is 29.5 Å². The van der Waals surface area contributed by atoms with Gasteiger partial charge in [0, 0.05) is 30.1 Å². The highest BCUT2D eigenvalue weighted by molar-refractivity contribution is 5.71.